The molecule has 0 aliphatic rings. The van der Waals surface area contributed by atoms with Crippen molar-refractivity contribution in [1.82, 2.24) is 15.8 Å². The van der Waals surface area contributed by atoms with Gasteiger partial charge in [0, 0.05) is 30.5 Å². The molecule has 0 spiro atoms. The van der Waals surface area contributed by atoms with Crippen LogP contribution in [0.25, 0.3) is 0 Å². The van der Waals surface area contributed by atoms with E-state index in [0.29, 0.717) is 6.54 Å². The molecular formula is C15H23IN4OS. The molecule has 2 N–H and O–H groups in total. The van der Waals surface area contributed by atoms with Crippen molar-refractivity contribution in [1.29, 1.82) is 0 Å². The predicted octanol–water partition coefficient (Wildman–Crippen LogP) is 3.34. The predicted molar refractivity (Wildman–Crippen MR) is 102 cm³/mol. The van der Waals surface area contributed by atoms with Gasteiger partial charge >= 0.3 is 0 Å². The number of rotatable bonds is 6. The Morgan fingerprint density at radius 2 is 2.05 bits per heavy atom. The first-order valence-corrected chi connectivity index (χ1v) is 8.09. The van der Waals surface area contributed by atoms with Gasteiger partial charge in [0.2, 0.25) is 0 Å². The van der Waals surface area contributed by atoms with Gasteiger partial charge in [-0.2, -0.15) is 0 Å². The molecule has 0 fully saturated rings. The Hall–Kier alpha value is -1.09. The number of nitrogens with zero attached hydrogens (tertiary/aromatic N) is 2. The second kappa shape index (κ2) is 9.83. The van der Waals surface area contributed by atoms with Gasteiger partial charge in [0.1, 0.15) is 5.76 Å². The lowest BCUT2D eigenvalue weighted by atomic mass is 10.1. The van der Waals surface area contributed by atoms with Crippen LogP contribution >= 0.6 is 35.3 Å². The molecule has 0 amide bonds. The largest absolute Gasteiger partial charge is 0.361 e. The van der Waals surface area contributed by atoms with Crippen LogP contribution in [0.1, 0.15) is 35.7 Å². The molecule has 2 heterocycles. The molecule has 2 aromatic rings. The zero-order valence-corrected chi connectivity index (χ0v) is 16.3. The van der Waals surface area contributed by atoms with Crippen LogP contribution in [0.15, 0.2) is 27.0 Å². The fourth-order valence-corrected chi connectivity index (χ4v) is 2.76. The molecule has 5 nitrogen and oxygen atoms in total. The van der Waals surface area contributed by atoms with Crippen LogP contribution in [-0.4, -0.2) is 18.2 Å². The first-order valence-electron chi connectivity index (χ1n) is 7.21. The number of hydrogen-bond acceptors (Lipinski definition) is 4. The summed E-state index contributed by atoms with van der Waals surface area (Å²) in [7, 11) is 1.78. The average Bonchev–Trinajstić information content (AvgIpc) is 3.16. The van der Waals surface area contributed by atoms with E-state index in [4.69, 9.17) is 4.52 Å². The highest BCUT2D eigenvalue weighted by atomic mass is 127. The summed E-state index contributed by atoms with van der Waals surface area (Å²) in [4.78, 5) is 5.53. The summed E-state index contributed by atoms with van der Waals surface area (Å²) in [5, 5.41) is 12.8. The fourth-order valence-electron chi connectivity index (χ4n) is 2.11. The van der Waals surface area contributed by atoms with E-state index in [9.17, 15) is 0 Å². The maximum absolute atomic E-state index is 5.37. The molecule has 122 valence electrons. The topological polar surface area (TPSA) is 62.5 Å². The SMILES string of the molecule is CCc1noc(CC)c1CNC(=NC)NCc1cccs1.I. The van der Waals surface area contributed by atoms with Crippen molar-refractivity contribution in [3.63, 3.8) is 0 Å². The number of aryl methyl sites for hydroxylation is 2. The normalized spacial score (nSPS) is 11.1. The molecule has 0 aliphatic heterocycles. The van der Waals surface area contributed by atoms with Gasteiger partial charge in [0.05, 0.1) is 12.2 Å². The second-order valence-electron chi connectivity index (χ2n) is 4.60. The maximum atomic E-state index is 5.37. The molecule has 2 rings (SSSR count). The van der Waals surface area contributed by atoms with E-state index in [2.05, 4.69) is 52.1 Å². The van der Waals surface area contributed by atoms with Crippen LogP contribution in [0.2, 0.25) is 0 Å². The molecule has 0 atom stereocenters. The lowest BCUT2D eigenvalue weighted by Crippen LogP contribution is -2.36. The lowest BCUT2D eigenvalue weighted by Gasteiger charge is -2.11. The van der Waals surface area contributed by atoms with Gasteiger partial charge in [-0.15, -0.1) is 35.3 Å². The third-order valence-corrected chi connectivity index (χ3v) is 4.15. The van der Waals surface area contributed by atoms with Gasteiger partial charge in [-0.1, -0.05) is 25.1 Å². The highest BCUT2D eigenvalue weighted by Crippen LogP contribution is 2.15. The molecule has 0 radical (unpaired) electrons. The summed E-state index contributed by atoms with van der Waals surface area (Å²) in [6, 6.07) is 4.16. The quantitative estimate of drug-likeness (QED) is 0.416. The highest BCUT2D eigenvalue weighted by Gasteiger charge is 2.13. The number of aliphatic imine (C=N–C) groups is 1. The Labute approximate surface area is 152 Å². The summed E-state index contributed by atoms with van der Waals surface area (Å²) in [5.74, 6) is 1.74. The van der Waals surface area contributed by atoms with Crippen LogP contribution in [0.4, 0.5) is 0 Å². The first-order chi connectivity index (χ1) is 10.3. The number of halogens is 1. The van der Waals surface area contributed by atoms with Crippen molar-refractivity contribution in [3.05, 3.63) is 39.4 Å². The van der Waals surface area contributed by atoms with E-state index in [-0.39, 0.29) is 24.0 Å². The zero-order chi connectivity index (χ0) is 15.1. The average molecular weight is 434 g/mol. The standard InChI is InChI=1S/C15H22N4OS.HI/c1-4-13-12(14(5-2)20-19-13)10-18-15(16-3)17-9-11-7-6-8-21-11;/h6-8H,4-5,9-10H2,1-3H3,(H2,16,17,18);1H. The zero-order valence-electron chi connectivity index (χ0n) is 13.2. The molecule has 0 bridgehead atoms. The fraction of sp³-hybridized carbons (Fsp3) is 0.467. The Balaban J connectivity index is 0.00000242. The van der Waals surface area contributed by atoms with Crippen LogP contribution in [0, 0.1) is 0 Å². The molecule has 0 unspecified atom stereocenters. The summed E-state index contributed by atoms with van der Waals surface area (Å²) in [6.45, 7) is 5.63. The number of guanidine groups is 1. The Bertz CT molecular complexity index is 559. The lowest BCUT2D eigenvalue weighted by molar-refractivity contribution is 0.380. The van der Waals surface area contributed by atoms with Gasteiger partial charge in [-0.05, 0) is 17.9 Å². The van der Waals surface area contributed by atoms with Gasteiger partial charge < -0.3 is 15.2 Å². The number of aromatic nitrogens is 1. The Morgan fingerprint density at radius 1 is 1.27 bits per heavy atom. The van der Waals surface area contributed by atoms with Crippen molar-refractivity contribution < 1.29 is 4.52 Å². The van der Waals surface area contributed by atoms with Crippen LogP contribution in [0.3, 0.4) is 0 Å². The summed E-state index contributed by atoms with van der Waals surface area (Å²) in [5.41, 5.74) is 2.17. The minimum Gasteiger partial charge on any atom is -0.361 e. The van der Waals surface area contributed by atoms with Gasteiger partial charge in [0.15, 0.2) is 5.96 Å². The second-order valence-corrected chi connectivity index (χ2v) is 5.63. The van der Waals surface area contributed by atoms with Crippen molar-refractivity contribution >= 4 is 41.3 Å². The van der Waals surface area contributed by atoms with E-state index < -0.39 is 0 Å². The maximum Gasteiger partial charge on any atom is 0.191 e. The molecule has 7 heteroatoms. The van der Waals surface area contributed by atoms with Crippen molar-refractivity contribution in [3.8, 4) is 0 Å². The van der Waals surface area contributed by atoms with Crippen molar-refractivity contribution in [2.45, 2.75) is 39.8 Å². The molecule has 2 aromatic heterocycles. The minimum absolute atomic E-state index is 0. The van der Waals surface area contributed by atoms with E-state index in [1.54, 1.807) is 18.4 Å². The number of thiophene rings is 1. The van der Waals surface area contributed by atoms with E-state index in [0.717, 1.165) is 42.4 Å². The van der Waals surface area contributed by atoms with Crippen molar-refractivity contribution in [2.75, 3.05) is 7.05 Å². The molecule has 0 aromatic carbocycles. The van der Waals surface area contributed by atoms with Crippen LogP contribution < -0.4 is 10.6 Å². The minimum atomic E-state index is 0. The number of hydrogen-bond donors (Lipinski definition) is 2. The van der Waals surface area contributed by atoms with Gasteiger partial charge in [-0.25, -0.2) is 0 Å². The summed E-state index contributed by atoms with van der Waals surface area (Å²) in [6.07, 6.45) is 1.73. The van der Waals surface area contributed by atoms with E-state index in [1.807, 2.05) is 0 Å². The van der Waals surface area contributed by atoms with E-state index >= 15 is 0 Å². The van der Waals surface area contributed by atoms with Gasteiger partial charge in [-0.3, -0.25) is 4.99 Å². The number of nitrogens with one attached hydrogen (secondary N) is 2. The molecule has 0 aliphatic carbocycles. The third kappa shape index (κ3) is 4.98. The molecule has 0 saturated carbocycles. The first kappa shape index (κ1) is 19.0. The Kier molecular flexibility index (Phi) is 8.47. The molecule has 22 heavy (non-hydrogen) atoms. The summed E-state index contributed by atoms with van der Waals surface area (Å²) < 4.78 is 5.37. The highest BCUT2D eigenvalue weighted by molar-refractivity contribution is 14.0. The molecular weight excluding hydrogens is 411 g/mol. The smallest absolute Gasteiger partial charge is 0.191 e. The monoisotopic (exact) mass is 434 g/mol. The Morgan fingerprint density at radius 3 is 2.64 bits per heavy atom. The van der Waals surface area contributed by atoms with Crippen LogP contribution in [0.5, 0.6) is 0 Å². The summed E-state index contributed by atoms with van der Waals surface area (Å²) >= 11 is 1.73. The van der Waals surface area contributed by atoms with Crippen LogP contribution in [-0.2, 0) is 25.9 Å². The van der Waals surface area contributed by atoms with Gasteiger partial charge in [0.25, 0.3) is 0 Å². The van der Waals surface area contributed by atoms with E-state index in [1.165, 1.54) is 4.88 Å². The third-order valence-electron chi connectivity index (χ3n) is 3.27. The van der Waals surface area contributed by atoms with Crippen molar-refractivity contribution in [2.24, 2.45) is 4.99 Å². The molecule has 0 saturated heterocycles.